The number of esters is 1. The molecule has 168 valence electrons. The molecule has 0 saturated carbocycles. The maximum Gasteiger partial charge on any atom is 0.339 e. The molecule has 0 aliphatic carbocycles. The number of anilines is 1. The Bertz CT molecular complexity index is 1140. The minimum atomic E-state index is -0.401. The van der Waals surface area contributed by atoms with E-state index in [-0.39, 0.29) is 12.6 Å². The molecule has 0 radical (unpaired) electrons. The van der Waals surface area contributed by atoms with Crippen molar-refractivity contribution in [3.63, 3.8) is 0 Å². The Hall–Kier alpha value is -3.43. The first kappa shape index (κ1) is 21.8. The van der Waals surface area contributed by atoms with Crippen molar-refractivity contribution < 1.29 is 28.5 Å². The van der Waals surface area contributed by atoms with E-state index in [0.717, 1.165) is 16.3 Å². The molecule has 2 aromatic carbocycles. The monoisotopic (exact) mass is 439 g/mol. The largest absolute Gasteiger partial charge is 0.493 e. The van der Waals surface area contributed by atoms with E-state index >= 15 is 0 Å². The first-order chi connectivity index (χ1) is 15.5. The van der Waals surface area contributed by atoms with Crippen LogP contribution in [0.25, 0.3) is 21.9 Å². The lowest BCUT2D eigenvalue weighted by Crippen LogP contribution is -2.32. The summed E-state index contributed by atoms with van der Waals surface area (Å²) >= 11 is 0. The highest BCUT2D eigenvalue weighted by Crippen LogP contribution is 2.42. The number of carbonyl (C=O) groups is 1. The fourth-order valence-corrected chi connectivity index (χ4v) is 3.85. The van der Waals surface area contributed by atoms with Gasteiger partial charge in [0.05, 0.1) is 26.3 Å². The number of nitrogens with zero attached hydrogens (tertiary/aromatic N) is 3. The van der Waals surface area contributed by atoms with Crippen molar-refractivity contribution in [3.05, 3.63) is 41.7 Å². The van der Waals surface area contributed by atoms with Gasteiger partial charge in [0.2, 0.25) is 5.95 Å². The van der Waals surface area contributed by atoms with Crippen LogP contribution in [0.1, 0.15) is 15.9 Å². The van der Waals surface area contributed by atoms with Gasteiger partial charge in [-0.05, 0) is 29.0 Å². The number of benzene rings is 2. The highest BCUT2D eigenvalue weighted by atomic mass is 16.7. The number of fused-ring (bicyclic) bond motifs is 2. The number of rotatable bonds is 8. The molecule has 0 fully saturated rings. The molecule has 2 heterocycles. The van der Waals surface area contributed by atoms with Gasteiger partial charge in [-0.3, -0.25) is 0 Å². The summed E-state index contributed by atoms with van der Waals surface area (Å²) in [5.74, 6) is 1.31. The summed E-state index contributed by atoms with van der Waals surface area (Å²) in [6, 6.07) is 5.69. The third kappa shape index (κ3) is 3.80. The van der Waals surface area contributed by atoms with Gasteiger partial charge in [0.15, 0.2) is 17.8 Å². The summed E-state index contributed by atoms with van der Waals surface area (Å²) < 4.78 is 26.7. The van der Waals surface area contributed by atoms with Crippen LogP contribution in [-0.4, -0.2) is 64.3 Å². The Kier molecular flexibility index (Phi) is 6.11. The Labute approximate surface area is 185 Å². The van der Waals surface area contributed by atoms with Crippen molar-refractivity contribution in [1.29, 1.82) is 0 Å². The molecule has 1 aliphatic rings. The van der Waals surface area contributed by atoms with Crippen molar-refractivity contribution >= 4 is 22.7 Å². The normalized spacial score (nSPS) is 12.8. The number of ether oxygens (including phenoxy) is 5. The smallest absolute Gasteiger partial charge is 0.339 e. The first-order valence-electron chi connectivity index (χ1n) is 9.98. The van der Waals surface area contributed by atoms with Crippen molar-refractivity contribution in [3.8, 4) is 22.6 Å². The molecule has 1 aliphatic heterocycles. The quantitative estimate of drug-likeness (QED) is 0.388. The van der Waals surface area contributed by atoms with Crippen LogP contribution in [0.15, 0.2) is 30.6 Å². The van der Waals surface area contributed by atoms with E-state index < -0.39 is 6.29 Å². The zero-order chi connectivity index (χ0) is 22.8. The molecule has 0 spiro atoms. The maximum absolute atomic E-state index is 12.6. The number of likely N-dealkylation sites (N-methyl/N-ethyl adjacent to an activating group) is 1. The summed E-state index contributed by atoms with van der Waals surface area (Å²) in [4.78, 5) is 23.4. The van der Waals surface area contributed by atoms with E-state index in [4.69, 9.17) is 23.7 Å². The molecule has 9 nitrogen and oxygen atoms in total. The minimum absolute atomic E-state index is 0.225. The standard InChI is InChI=1S/C23H25N3O6/c1-26(11-19(30-4)31-5)23-24-9-15(10-25-23)20-16-8-18(29-3)17(28-2)7-13(16)6-14-12-32-22(27)21(14)20/h6-10,19H,11-12H2,1-5H3. The van der Waals surface area contributed by atoms with Crippen molar-refractivity contribution in [2.24, 2.45) is 0 Å². The van der Waals surface area contributed by atoms with E-state index in [9.17, 15) is 4.79 Å². The molecule has 1 aromatic heterocycles. The highest BCUT2D eigenvalue weighted by molar-refractivity contribution is 6.11. The predicted octanol–water partition coefficient (Wildman–Crippen LogP) is 3.04. The Morgan fingerprint density at radius 1 is 1.00 bits per heavy atom. The number of hydrogen-bond donors (Lipinski definition) is 0. The summed E-state index contributed by atoms with van der Waals surface area (Å²) in [6.45, 7) is 0.682. The topological polar surface area (TPSA) is 92.2 Å². The Morgan fingerprint density at radius 3 is 2.28 bits per heavy atom. The van der Waals surface area contributed by atoms with Crippen LogP contribution < -0.4 is 14.4 Å². The second-order valence-corrected chi connectivity index (χ2v) is 7.34. The van der Waals surface area contributed by atoms with Crippen LogP contribution >= 0.6 is 0 Å². The van der Waals surface area contributed by atoms with Crippen LogP contribution in [0.4, 0.5) is 5.95 Å². The average Bonchev–Trinajstić information content (AvgIpc) is 3.20. The van der Waals surface area contributed by atoms with Crippen LogP contribution in [0.2, 0.25) is 0 Å². The van der Waals surface area contributed by atoms with E-state index in [0.29, 0.717) is 40.7 Å². The van der Waals surface area contributed by atoms with Gasteiger partial charge >= 0.3 is 5.97 Å². The fourth-order valence-electron chi connectivity index (χ4n) is 3.85. The predicted molar refractivity (Wildman–Crippen MR) is 118 cm³/mol. The molecular weight excluding hydrogens is 414 g/mol. The molecule has 3 aromatic rings. The fraction of sp³-hybridized carbons (Fsp3) is 0.348. The molecule has 0 unspecified atom stereocenters. The molecule has 0 bridgehead atoms. The summed E-state index contributed by atoms with van der Waals surface area (Å²) in [7, 11) is 8.17. The van der Waals surface area contributed by atoms with Crippen LogP contribution in [-0.2, 0) is 20.8 Å². The van der Waals surface area contributed by atoms with Gasteiger partial charge in [-0.25, -0.2) is 14.8 Å². The maximum atomic E-state index is 12.6. The van der Waals surface area contributed by atoms with E-state index in [1.54, 1.807) is 40.8 Å². The summed E-state index contributed by atoms with van der Waals surface area (Å²) in [5, 5.41) is 1.72. The van der Waals surface area contributed by atoms with Gasteiger partial charge in [0.1, 0.15) is 6.61 Å². The molecular formula is C23H25N3O6. The van der Waals surface area contributed by atoms with Gasteiger partial charge in [0, 0.05) is 50.4 Å². The lowest BCUT2D eigenvalue weighted by molar-refractivity contribution is -0.0945. The molecule has 0 amide bonds. The van der Waals surface area contributed by atoms with Crippen molar-refractivity contribution in [2.75, 3.05) is 46.9 Å². The molecule has 0 atom stereocenters. The van der Waals surface area contributed by atoms with Crippen molar-refractivity contribution in [1.82, 2.24) is 9.97 Å². The zero-order valence-electron chi connectivity index (χ0n) is 18.7. The van der Waals surface area contributed by atoms with Gasteiger partial charge in [-0.15, -0.1) is 0 Å². The van der Waals surface area contributed by atoms with E-state index in [2.05, 4.69) is 9.97 Å². The van der Waals surface area contributed by atoms with Gasteiger partial charge in [-0.1, -0.05) is 0 Å². The third-order valence-electron chi connectivity index (χ3n) is 5.51. The summed E-state index contributed by atoms with van der Waals surface area (Å²) in [5.41, 5.74) is 2.74. The van der Waals surface area contributed by atoms with E-state index in [1.165, 1.54) is 0 Å². The lowest BCUT2D eigenvalue weighted by Gasteiger charge is -2.22. The number of aromatic nitrogens is 2. The SMILES string of the molecule is COc1cc2cc3c(c(-c4cnc(N(C)CC(OC)OC)nc4)c2cc1OC)C(=O)OC3. The lowest BCUT2D eigenvalue weighted by atomic mass is 9.91. The third-order valence-corrected chi connectivity index (χ3v) is 5.51. The molecule has 9 heteroatoms. The molecule has 0 saturated heterocycles. The average molecular weight is 439 g/mol. The number of methoxy groups -OCH3 is 4. The second kappa shape index (κ2) is 8.97. The zero-order valence-corrected chi connectivity index (χ0v) is 18.7. The van der Waals surface area contributed by atoms with Gasteiger partial charge < -0.3 is 28.6 Å². The Balaban J connectivity index is 1.83. The second-order valence-electron chi connectivity index (χ2n) is 7.34. The number of carbonyl (C=O) groups excluding carboxylic acids is 1. The Morgan fingerprint density at radius 2 is 1.66 bits per heavy atom. The molecule has 32 heavy (non-hydrogen) atoms. The van der Waals surface area contributed by atoms with Gasteiger partial charge in [0.25, 0.3) is 0 Å². The highest BCUT2D eigenvalue weighted by Gasteiger charge is 2.28. The summed E-state index contributed by atoms with van der Waals surface area (Å²) in [6.07, 6.45) is 3.00. The van der Waals surface area contributed by atoms with Crippen LogP contribution in [0.5, 0.6) is 11.5 Å². The number of hydrogen-bond acceptors (Lipinski definition) is 9. The molecule has 0 N–H and O–H groups in total. The van der Waals surface area contributed by atoms with E-state index in [1.807, 2.05) is 30.1 Å². The van der Waals surface area contributed by atoms with Crippen LogP contribution in [0, 0.1) is 0 Å². The number of cyclic esters (lactones) is 1. The minimum Gasteiger partial charge on any atom is -0.493 e. The van der Waals surface area contributed by atoms with Crippen LogP contribution in [0.3, 0.4) is 0 Å². The first-order valence-corrected chi connectivity index (χ1v) is 9.98. The van der Waals surface area contributed by atoms with Gasteiger partial charge in [-0.2, -0.15) is 0 Å². The van der Waals surface area contributed by atoms with Crippen molar-refractivity contribution in [2.45, 2.75) is 12.9 Å². The molecule has 4 rings (SSSR count).